The lowest BCUT2D eigenvalue weighted by atomic mass is 9.37. The van der Waals surface area contributed by atoms with Crippen molar-refractivity contribution in [3.8, 4) is 0 Å². The maximum atomic E-state index is 13.0. The summed E-state index contributed by atoms with van der Waals surface area (Å²) in [4.78, 5) is 7.47. The van der Waals surface area contributed by atoms with Gasteiger partial charge in [-0.3, -0.25) is 0 Å². The van der Waals surface area contributed by atoms with Gasteiger partial charge in [0.2, 0.25) is 6.71 Å². The van der Waals surface area contributed by atoms with E-state index in [-0.39, 0.29) is 6.71 Å². The predicted octanol–water partition coefficient (Wildman–Crippen LogP) is 6.69. The number of nitrogens with one attached hydrogen (secondary N) is 1. The summed E-state index contributed by atoms with van der Waals surface area (Å²) in [5, 5.41) is 0. The van der Waals surface area contributed by atoms with Crippen LogP contribution < -0.4 is 10.9 Å². The van der Waals surface area contributed by atoms with Gasteiger partial charge in [-0.1, -0.05) is 110 Å². The summed E-state index contributed by atoms with van der Waals surface area (Å²) in [5.41, 5.74) is 5.44. The van der Waals surface area contributed by atoms with Crippen LogP contribution in [0.1, 0.15) is 48.5 Å². The number of imidazole rings is 1. The number of benzene rings is 3. The maximum absolute atomic E-state index is 13.0. The number of hydrogen-bond acceptors (Lipinski definition) is 1. The highest BCUT2D eigenvalue weighted by atomic mass is 19.4. The Labute approximate surface area is 212 Å². The molecular weight excluding hydrogens is 456 g/mol. The molecular formula is C30H32BF3N2. The Balaban J connectivity index is 0.000000233. The van der Waals surface area contributed by atoms with Crippen LogP contribution >= 0.6 is 0 Å². The molecule has 2 nitrogen and oxygen atoms in total. The third kappa shape index (κ3) is 7.74. The van der Waals surface area contributed by atoms with Gasteiger partial charge in [-0.05, 0) is 24.5 Å². The van der Waals surface area contributed by atoms with E-state index < -0.39 is 11.7 Å². The van der Waals surface area contributed by atoms with Crippen molar-refractivity contribution in [1.82, 2.24) is 9.97 Å². The molecule has 186 valence electrons. The highest BCUT2D eigenvalue weighted by molar-refractivity contribution is 6.90. The molecule has 3 aromatic carbocycles. The number of nitrogens with zero attached hydrogens (tertiary/aromatic N) is 1. The van der Waals surface area contributed by atoms with E-state index in [0.717, 1.165) is 47.8 Å². The van der Waals surface area contributed by atoms with E-state index in [1.807, 2.05) is 62.5 Å². The fourth-order valence-corrected chi connectivity index (χ4v) is 4.17. The summed E-state index contributed by atoms with van der Waals surface area (Å²) in [6.07, 6.45) is 0.478. The number of halogens is 3. The van der Waals surface area contributed by atoms with Crippen molar-refractivity contribution < 1.29 is 13.2 Å². The smallest absolute Gasteiger partial charge is 0.346 e. The van der Waals surface area contributed by atoms with E-state index >= 15 is 0 Å². The molecule has 0 aliphatic carbocycles. The zero-order valence-corrected chi connectivity index (χ0v) is 21.1. The van der Waals surface area contributed by atoms with E-state index in [1.54, 1.807) is 6.07 Å². The number of rotatable bonds is 7. The second-order valence-electron chi connectivity index (χ2n) is 9.07. The molecule has 6 heteroatoms. The quantitative estimate of drug-likeness (QED) is 0.289. The van der Waals surface area contributed by atoms with Crippen molar-refractivity contribution >= 4 is 17.6 Å². The second-order valence-corrected chi connectivity index (χ2v) is 9.07. The van der Waals surface area contributed by atoms with Gasteiger partial charge in [0.05, 0.1) is 5.56 Å². The highest BCUT2D eigenvalue weighted by Gasteiger charge is 2.31. The maximum Gasteiger partial charge on any atom is 0.416 e. The van der Waals surface area contributed by atoms with Crippen LogP contribution in [0.25, 0.3) is 0 Å². The largest absolute Gasteiger partial charge is 0.416 e. The summed E-state index contributed by atoms with van der Waals surface area (Å²) in [6.45, 7) is 9.73. The molecule has 0 spiro atoms. The highest BCUT2D eigenvalue weighted by Crippen LogP contribution is 2.28. The van der Waals surface area contributed by atoms with E-state index in [0.29, 0.717) is 5.46 Å². The van der Waals surface area contributed by atoms with Gasteiger partial charge in [0, 0.05) is 18.3 Å². The molecule has 0 aliphatic heterocycles. The van der Waals surface area contributed by atoms with Crippen molar-refractivity contribution in [1.29, 1.82) is 0 Å². The lowest BCUT2D eigenvalue weighted by molar-refractivity contribution is -0.137. The zero-order chi connectivity index (χ0) is 26.1. The van der Waals surface area contributed by atoms with Crippen LogP contribution in [0.2, 0.25) is 0 Å². The lowest BCUT2D eigenvalue weighted by Gasteiger charge is -2.17. The Hall–Kier alpha value is -3.54. The van der Waals surface area contributed by atoms with Crippen LogP contribution in [0.5, 0.6) is 0 Å². The van der Waals surface area contributed by atoms with Crippen LogP contribution in [0.3, 0.4) is 0 Å². The Bertz CT molecular complexity index is 1250. The monoisotopic (exact) mass is 488 g/mol. The molecule has 0 saturated carbocycles. The molecule has 0 atom stereocenters. The molecule has 1 heterocycles. The first-order valence-electron chi connectivity index (χ1n) is 12.1. The number of alkyl halides is 3. The summed E-state index contributed by atoms with van der Waals surface area (Å²) in [7, 11) is 0. The Morgan fingerprint density at radius 1 is 0.917 bits per heavy atom. The van der Waals surface area contributed by atoms with Gasteiger partial charge in [-0.2, -0.15) is 13.2 Å². The lowest BCUT2D eigenvalue weighted by Crippen LogP contribution is -2.43. The Kier molecular flexibility index (Phi) is 9.35. The number of aromatic amines is 1. The van der Waals surface area contributed by atoms with Crippen molar-refractivity contribution in [2.45, 2.75) is 46.2 Å². The van der Waals surface area contributed by atoms with E-state index in [2.05, 4.69) is 35.6 Å². The number of H-pyrrole nitrogens is 1. The van der Waals surface area contributed by atoms with Gasteiger partial charge in [0.25, 0.3) is 0 Å². The van der Waals surface area contributed by atoms with E-state index in [9.17, 15) is 13.2 Å². The molecule has 1 N–H and O–H groups in total. The van der Waals surface area contributed by atoms with Crippen molar-refractivity contribution in [3.05, 3.63) is 125 Å². The molecule has 0 unspecified atom stereocenters. The zero-order valence-electron chi connectivity index (χ0n) is 21.1. The van der Waals surface area contributed by atoms with Crippen LogP contribution in [-0.2, 0) is 19.0 Å². The average Bonchev–Trinajstić information content (AvgIpc) is 3.25. The number of allylic oxidation sites excluding steroid dienone is 1. The molecule has 36 heavy (non-hydrogen) atoms. The standard InChI is InChI=1S/C19H20BF3.C11H12N2/c1-4-6-15-9-11-17(12-10-15)20(14(2)3)18-8-5-7-16(13-18)19(21,22)23;1-9-8-12-11(13-9)7-10-5-3-2-4-6-10/h5,7-13H,2,4,6H2,1,3H3;2-6,8H,7H2,1H3,(H,12,13). The number of aromatic nitrogens is 2. The first-order valence-corrected chi connectivity index (χ1v) is 12.1. The Morgan fingerprint density at radius 3 is 2.17 bits per heavy atom. The first-order chi connectivity index (χ1) is 17.2. The van der Waals surface area contributed by atoms with Crippen LogP contribution in [0, 0.1) is 6.92 Å². The van der Waals surface area contributed by atoms with Crippen LogP contribution in [0.4, 0.5) is 13.2 Å². The van der Waals surface area contributed by atoms with Crippen LogP contribution in [0.15, 0.2) is 97.1 Å². The fraction of sp³-hybridized carbons (Fsp3) is 0.233. The summed E-state index contributed by atoms with van der Waals surface area (Å²) >= 11 is 0. The number of hydrogen-bond donors (Lipinski definition) is 1. The predicted molar refractivity (Wildman–Crippen MR) is 144 cm³/mol. The van der Waals surface area contributed by atoms with Crippen LogP contribution in [-0.4, -0.2) is 16.7 Å². The summed E-state index contributed by atoms with van der Waals surface area (Å²) in [6, 6.07) is 23.9. The third-order valence-electron chi connectivity index (χ3n) is 5.86. The normalized spacial score (nSPS) is 10.9. The van der Waals surface area contributed by atoms with Gasteiger partial charge in [-0.25, -0.2) is 4.98 Å². The third-order valence-corrected chi connectivity index (χ3v) is 5.86. The molecule has 0 fully saturated rings. The summed E-state index contributed by atoms with van der Waals surface area (Å²) in [5.74, 6) is 1.03. The fourth-order valence-electron chi connectivity index (χ4n) is 4.17. The minimum absolute atomic E-state index is 0.229. The molecule has 4 rings (SSSR count). The molecule has 0 aliphatic rings. The minimum atomic E-state index is -4.33. The SMILES string of the molecule is C=C(C)B(c1ccc(CCC)cc1)c1cccc(C(F)(F)F)c1.Cc1cnc(Cc2ccccc2)[nH]1. The van der Waals surface area contributed by atoms with Gasteiger partial charge >= 0.3 is 6.18 Å². The molecule has 4 aromatic rings. The molecule has 0 saturated heterocycles. The first kappa shape index (κ1) is 27.1. The molecule has 0 radical (unpaired) electrons. The second kappa shape index (κ2) is 12.4. The molecule has 1 aromatic heterocycles. The number of aryl methyl sites for hydroxylation is 2. The van der Waals surface area contributed by atoms with E-state index in [1.165, 1.54) is 23.3 Å². The van der Waals surface area contributed by atoms with E-state index in [4.69, 9.17) is 0 Å². The van der Waals surface area contributed by atoms with Crippen molar-refractivity contribution in [3.63, 3.8) is 0 Å². The topological polar surface area (TPSA) is 28.7 Å². The Morgan fingerprint density at radius 2 is 1.61 bits per heavy atom. The van der Waals surface area contributed by atoms with Gasteiger partial charge in [0.15, 0.2) is 0 Å². The van der Waals surface area contributed by atoms with Gasteiger partial charge in [0.1, 0.15) is 5.82 Å². The summed E-state index contributed by atoms with van der Waals surface area (Å²) < 4.78 is 38.9. The molecule has 0 amide bonds. The molecule has 0 bridgehead atoms. The van der Waals surface area contributed by atoms with Gasteiger partial charge in [-0.15, -0.1) is 12.1 Å². The van der Waals surface area contributed by atoms with Crippen molar-refractivity contribution in [2.75, 3.05) is 0 Å². The minimum Gasteiger partial charge on any atom is -0.346 e. The van der Waals surface area contributed by atoms with Crippen molar-refractivity contribution in [2.24, 2.45) is 0 Å². The van der Waals surface area contributed by atoms with Gasteiger partial charge < -0.3 is 4.98 Å². The average molecular weight is 488 g/mol.